The molecule has 14 heavy (non-hydrogen) atoms. The number of nitrogens with zero attached hydrogens (tertiary/aromatic N) is 1. The van der Waals surface area contributed by atoms with Crippen LogP contribution in [0.1, 0.15) is 12.6 Å². The van der Waals surface area contributed by atoms with Crippen LogP contribution in [0.3, 0.4) is 0 Å². The molecule has 0 radical (unpaired) electrons. The second-order valence-corrected chi connectivity index (χ2v) is 3.26. The monoisotopic (exact) mass is 192 g/mol. The normalized spacial score (nSPS) is 10.7. The van der Waals surface area contributed by atoms with Crippen LogP contribution in [0.2, 0.25) is 0 Å². The Balaban J connectivity index is 2.46. The molecular formula is C10H9FN2O. The fourth-order valence-electron chi connectivity index (χ4n) is 1.40. The molecule has 0 amide bonds. The minimum Gasteiger partial charge on any atom is -0.357 e. The van der Waals surface area contributed by atoms with Crippen molar-refractivity contribution in [2.75, 3.05) is 0 Å². The SMILES string of the molecule is CC(=O)Cc1cc2ncc(F)cc2[nH]1. The van der Waals surface area contributed by atoms with Gasteiger partial charge in [-0.3, -0.25) is 9.78 Å². The van der Waals surface area contributed by atoms with Crippen molar-refractivity contribution in [3.05, 3.63) is 29.8 Å². The summed E-state index contributed by atoms with van der Waals surface area (Å²) in [6, 6.07) is 3.13. The number of aromatic amines is 1. The Bertz CT molecular complexity index is 490. The maximum absolute atomic E-state index is 12.8. The number of nitrogens with one attached hydrogen (secondary N) is 1. The van der Waals surface area contributed by atoms with Crippen molar-refractivity contribution < 1.29 is 9.18 Å². The van der Waals surface area contributed by atoms with Gasteiger partial charge in [-0.15, -0.1) is 0 Å². The molecule has 72 valence electrons. The third kappa shape index (κ3) is 1.64. The van der Waals surface area contributed by atoms with E-state index in [9.17, 15) is 9.18 Å². The van der Waals surface area contributed by atoms with Gasteiger partial charge < -0.3 is 4.98 Å². The smallest absolute Gasteiger partial charge is 0.143 e. The van der Waals surface area contributed by atoms with E-state index in [2.05, 4.69) is 9.97 Å². The number of rotatable bonds is 2. The van der Waals surface area contributed by atoms with Gasteiger partial charge in [0.05, 0.1) is 17.2 Å². The first kappa shape index (κ1) is 8.87. The number of aromatic nitrogens is 2. The predicted octanol–water partition coefficient (Wildman–Crippen LogP) is 1.83. The number of hydrogen-bond donors (Lipinski definition) is 1. The Morgan fingerprint density at radius 1 is 1.57 bits per heavy atom. The first-order valence-corrected chi connectivity index (χ1v) is 4.28. The molecule has 0 saturated carbocycles. The summed E-state index contributed by atoms with van der Waals surface area (Å²) in [5, 5.41) is 0. The van der Waals surface area contributed by atoms with Gasteiger partial charge >= 0.3 is 0 Å². The molecule has 2 aromatic rings. The van der Waals surface area contributed by atoms with E-state index in [0.717, 1.165) is 11.9 Å². The molecule has 0 aromatic carbocycles. The molecular weight excluding hydrogens is 183 g/mol. The first-order valence-electron chi connectivity index (χ1n) is 4.28. The minimum absolute atomic E-state index is 0.0667. The molecule has 0 saturated heterocycles. The summed E-state index contributed by atoms with van der Waals surface area (Å²) in [4.78, 5) is 17.7. The fourth-order valence-corrected chi connectivity index (χ4v) is 1.40. The molecule has 2 aromatic heterocycles. The van der Waals surface area contributed by atoms with Crippen molar-refractivity contribution in [2.24, 2.45) is 0 Å². The molecule has 0 spiro atoms. The molecule has 1 N–H and O–H groups in total. The summed E-state index contributed by atoms with van der Waals surface area (Å²) in [6.07, 6.45) is 1.49. The van der Waals surface area contributed by atoms with Gasteiger partial charge in [0.1, 0.15) is 11.6 Å². The van der Waals surface area contributed by atoms with Crippen molar-refractivity contribution in [2.45, 2.75) is 13.3 Å². The van der Waals surface area contributed by atoms with Gasteiger partial charge in [-0.2, -0.15) is 0 Å². The third-order valence-electron chi connectivity index (χ3n) is 1.93. The summed E-state index contributed by atoms with van der Waals surface area (Å²) in [6.45, 7) is 1.51. The number of halogens is 1. The van der Waals surface area contributed by atoms with Crippen LogP contribution in [-0.4, -0.2) is 15.8 Å². The zero-order valence-electron chi connectivity index (χ0n) is 7.67. The van der Waals surface area contributed by atoms with Crippen LogP contribution in [0.15, 0.2) is 18.3 Å². The number of carbonyl (C=O) groups excluding carboxylic acids is 1. The number of H-pyrrole nitrogens is 1. The van der Waals surface area contributed by atoms with Gasteiger partial charge in [-0.05, 0) is 13.0 Å². The van der Waals surface area contributed by atoms with Crippen LogP contribution < -0.4 is 0 Å². The highest BCUT2D eigenvalue weighted by Gasteiger charge is 2.04. The highest BCUT2D eigenvalue weighted by molar-refractivity contribution is 5.81. The Morgan fingerprint density at radius 3 is 3.07 bits per heavy atom. The fraction of sp³-hybridized carbons (Fsp3) is 0.200. The highest BCUT2D eigenvalue weighted by Crippen LogP contribution is 2.14. The summed E-state index contributed by atoms with van der Waals surface area (Å²) >= 11 is 0. The van der Waals surface area contributed by atoms with E-state index in [4.69, 9.17) is 0 Å². The number of pyridine rings is 1. The molecule has 0 aliphatic heterocycles. The van der Waals surface area contributed by atoms with Crippen LogP contribution >= 0.6 is 0 Å². The van der Waals surface area contributed by atoms with E-state index in [0.29, 0.717) is 17.5 Å². The maximum Gasteiger partial charge on any atom is 0.143 e. The van der Waals surface area contributed by atoms with Crippen molar-refractivity contribution in [1.29, 1.82) is 0 Å². The van der Waals surface area contributed by atoms with Crippen LogP contribution in [0.4, 0.5) is 4.39 Å². The Kier molecular flexibility index (Phi) is 2.04. The van der Waals surface area contributed by atoms with Crippen molar-refractivity contribution in [3.63, 3.8) is 0 Å². The van der Waals surface area contributed by atoms with Crippen LogP contribution in [0, 0.1) is 5.82 Å². The standard InChI is InChI=1S/C10H9FN2O/c1-6(14)2-8-4-9-10(13-8)3-7(11)5-12-9/h3-5,13H,2H2,1H3. The second-order valence-electron chi connectivity index (χ2n) is 3.26. The molecule has 0 unspecified atom stereocenters. The van der Waals surface area contributed by atoms with Gasteiger partial charge in [0, 0.05) is 18.2 Å². The topological polar surface area (TPSA) is 45.8 Å². The largest absolute Gasteiger partial charge is 0.357 e. The van der Waals surface area contributed by atoms with Gasteiger partial charge in [0.15, 0.2) is 0 Å². The van der Waals surface area contributed by atoms with Crippen molar-refractivity contribution >= 4 is 16.8 Å². The molecule has 0 bridgehead atoms. The number of Topliss-reactive ketones (excluding diaryl/α,β-unsaturated/α-hetero) is 1. The summed E-state index contributed by atoms with van der Waals surface area (Å²) in [5.41, 5.74) is 2.08. The first-order chi connectivity index (χ1) is 6.65. The Hall–Kier alpha value is -1.71. The average Bonchev–Trinajstić information content (AvgIpc) is 2.44. The summed E-state index contributed by atoms with van der Waals surface area (Å²) in [5.74, 6) is -0.314. The molecule has 0 atom stereocenters. The van der Waals surface area contributed by atoms with Crippen LogP contribution in [0.25, 0.3) is 11.0 Å². The minimum atomic E-state index is -0.381. The predicted molar refractivity (Wildman–Crippen MR) is 50.4 cm³/mol. The number of carbonyl (C=O) groups is 1. The lowest BCUT2D eigenvalue weighted by atomic mass is 10.2. The van der Waals surface area contributed by atoms with Gasteiger partial charge in [-0.1, -0.05) is 0 Å². The number of hydrogen-bond acceptors (Lipinski definition) is 2. The molecule has 2 rings (SSSR count). The lowest BCUT2D eigenvalue weighted by Crippen LogP contribution is -1.95. The van der Waals surface area contributed by atoms with Crippen LogP contribution in [-0.2, 0) is 11.2 Å². The van der Waals surface area contributed by atoms with Crippen molar-refractivity contribution in [1.82, 2.24) is 9.97 Å². The summed E-state index contributed by atoms with van der Waals surface area (Å²) in [7, 11) is 0. The van der Waals surface area contributed by atoms with E-state index >= 15 is 0 Å². The van der Waals surface area contributed by atoms with E-state index in [1.807, 2.05) is 0 Å². The lowest BCUT2D eigenvalue weighted by Gasteiger charge is -1.89. The second kappa shape index (κ2) is 3.21. The molecule has 0 aliphatic rings. The molecule has 0 fully saturated rings. The van der Waals surface area contributed by atoms with E-state index in [1.165, 1.54) is 13.0 Å². The van der Waals surface area contributed by atoms with Gasteiger partial charge in [0.25, 0.3) is 0 Å². The summed E-state index contributed by atoms with van der Waals surface area (Å²) < 4.78 is 12.8. The van der Waals surface area contributed by atoms with Crippen molar-refractivity contribution in [3.8, 4) is 0 Å². The lowest BCUT2D eigenvalue weighted by molar-refractivity contribution is -0.116. The number of fused-ring (bicyclic) bond motifs is 1. The van der Waals surface area contributed by atoms with Crippen LogP contribution in [0.5, 0.6) is 0 Å². The highest BCUT2D eigenvalue weighted by atomic mass is 19.1. The van der Waals surface area contributed by atoms with Gasteiger partial charge in [-0.25, -0.2) is 4.39 Å². The van der Waals surface area contributed by atoms with E-state index in [-0.39, 0.29) is 11.6 Å². The molecule has 3 nitrogen and oxygen atoms in total. The molecule has 2 heterocycles. The van der Waals surface area contributed by atoms with E-state index < -0.39 is 0 Å². The zero-order valence-corrected chi connectivity index (χ0v) is 7.67. The Morgan fingerprint density at radius 2 is 2.36 bits per heavy atom. The maximum atomic E-state index is 12.8. The Labute approximate surface area is 80.0 Å². The van der Waals surface area contributed by atoms with Gasteiger partial charge in [0.2, 0.25) is 0 Å². The third-order valence-corrected chi connectivity index (χ3v) is 1.93. The average molecular weight is 192 g/mol. The molecule has 4 heteroatoms. The van der Waals surface area contributed by atoms with E-state index in [1.54, 1.807) is 6.07 Å². The molecule has 0 aliphatic carbocycles. The number of ketones is 1. The quantitative estimate of drug-likeness (QED) is 0.789. The zero-order chi connectivity index (χ0) is 10.1.